The molecular weight excluding hydrogens is 550 g/mol. The van der Waals surface area contributed by atoms with Gasteiger partial charge >= 0.3 is 6.09 Å². The van der Waals surface area contributed by atoms with Crippen LogP contribution in [0.25, 0.3) is 0 Å². The quantitative estimate of drug-likeness (QED) is 0.224. The molecule has 0 fully saturated rings. The summed E-state index contributed by atoms with van der Waals surface area (Å²) in [6.45, 7) is 9.36. The van der Waals surface area contributed by atoms with Crippen molar-refractivity contribution in [3.63, 3.8) is 0 Å². The van der Waals surface area contributed by atoms with Crippen molar-refractivity contribution in [1.29, 1.82) is 0 Å². The number of aromatic hydroxyl groups is 1. The highest BCUT2D eigenvalue weighted by molar-refractivity contribution is 7.98. The lowest BCUT2D eigenvalue weighted by atomic mass is 10.00. The number of ether oxygens (including phenoxy) is 1. The molecule has 0 bridgehead atoms. The van der Waals surface area contributed by atoms with Gasteiger partial charge in [-0.3, -0.25) is 9.59 Å². The van der Waals surface area contributed by atoms with Crippen molar-refractivity contribution in [1.82, 2.24) is 10.2 Å². The Morgan fingerprint density at radius 1 is 1.10 bits per heavy atom. The third-order valence-electron chi connectivity index (χ3n) is 6.15. The number of para-hydroxylation sites is 2. The van der Waals surface area contributed by atoms with Gasteiger partial charge in [0.1, 0.15) is 23.4 Å². The van der Waals surface area contributed by atoms with E-state index in [0.29, 0.717) is 29.3 Å². The molecule has 2 atom stereocenters. The van der Waals surface area contributed by atoms with E-state index in [1.54, 1.807) is 62.9 Å². The minimum atomic E-state index is -1.18. The number of unbranched alkanes of at least 4 members (excludes halogenated alkanes) is 2. The largest absolute Gasteiger partial charge is 0.508 e. The number of thioether (sulfide) groups is 1. The van der Waals surface area contributed by atoms with Gasteiger partial charge in [0, 0.05) is 12.1 Å². The number of anilines is 1. The molecule has 2 unspecified atom stereocenters. The number of alkyl carbamates (subject to hydrolysis) is 1. The molecule has 10 heteroatoms. The van der Waals surface area contributed by atoms with Gasteiger partial charge in [-0.15, -0.1) is 0 Å². The van der Waals surface area contributed by atoms with E-state index < -0.39 is 35.6 Å². The summed E-state index contributed by atoms with van der Waals surface area (Å²) in [5, 5.41) is 16.8. The van der Waals surface area contributed by atoms with Gasteiger partial charge < -0.3 is 25.4 Å². The molecule has 3 amide bonds. The van der Waals surface area contributed by atoms with Crippen molar-refractivity contribution in [2.75, 3.05) is 23.9 Å². The summed E-state index contributed by atoms with van der Waals surface area (Å²) in [6.07, 6.45) is 3.90. The molecule has 0 saturated carbocycles. The number of nitrogens with one attached hydrogen (secondary N) is 2. The van der Waals surface area contributed by atoms with Crippen molar-refractivity contribution in [3.8, 4) is 5.75 Å². The first-order valence-corrected chi connectivity index (χ1v) is 15.3. The van der Waals surface area contributed by atoms with E-state index in [1.807, 2.05) is 26.2 Å². The predicted octanol–water partition coefficient (Wildman–Crippen LogP) is 6.70. The van der Waals surface area contributed by atoms with Crippen molar-refractivity contribution in [2.45, 2.75) is 78.0 Å². The Hall–Kier alpha value is -2.91. The molecule has 2 rings (SSSR count). The molecule has 0 aromatic heterocycles. The van der Waals surface area contributed by atoms with E-state index >= 15 is 0 Å². The SMILES string of the molecule is CCCCCN(C(=O)C(CCSC)NC(=O)OC(C)(C)C)C(C(=O)Nc1c(C)cccc1Cl)c1ccccc1O. The zero-order chi connectivity index (χ0) is 29.9. The van der Waals surface area contributed by atoms with Crippen LogP contribution in [0.15, 0.2) is 42.5 Å². The van der Waals surface area contributed by atoms with Crippen molar-refractivity contribution >= 4 is 47.0 Å². The minimum absolute atomic E-state index is 0.118. The molecule has 0 radical (unpaired) electrons. The molecule has 2 aromatic rings. The number of aryl methyl sites for hydroxylation is 1. The molecule has 8 nitrogen and oxygen atoms in total. The number of hydrogen-bond donors (Lipinski definition) is 3. The topological polar surface area (TPSA) is 108 Å². The Morgan fingerprint density at radius 3 is 2.40 bits per heavy atom. The standard InChI is InChI=1S/C30H42ClN3O5S/c1-7-8-11-18-34(28(37)23(17-19-40-6)32-29(38)39-30(3,4)5)26(21-14-9-10-16-24(21)35)27(36)33-25-20(2)13-12-15-22(25)31/h9-10,12-16,23,26,35H,7-8,11,17-19H2,1-6H3,(H,32,38)(H,33,36). The van der Waals surface area contributed by atoms with Crippen molar-refractivity contribution in [3.05, 3.63) is 58.6 Å². The van der Waals surface area contributed by atoms with Gasteiger partial charge in [0.05, 0.1) is 10.7 Å². The Bertz CT molecular complexity index is 1130. The Balaban J connectivity index is 2.57. The van der Waals surface area contributed by atoms with Gasteiger partial charge in [0.15, 0.2) is 0 Å². The fourth-order valence-corrected chi connectivity index (χ4v) is 4.93. The summed E-state index contributed by atoms with van der Waals surface area (Å²) in [6, 6.07) is 9.62. The second-order valence-electron chi connectivity index (χ2n) is 10.6. The predicted molar refractivity (Wildman–Crippen MR) is 163 cm³/mol. The first-order valence-electron chi connectivity index (χ1n) is 13.5. The van der Waals surface area contributed by atoms with Crippen LogP contribution in [0.2, 0.25) is 5.02 Å². The highest BCUT2D eigenvalue weighted by atomic mass is 35.5. The summed E-state index contributed by atoms with van der Waals surface area (Å²) in [7, 11) is 0. The number of benzene rings is 2. The molecule has 0 aliphatic rings. The average molecular weight is 592 g/mol. The van der Waals surface area contributed by atoms with E-state index in [1.165, 1.54) is 11.0 Å². The Kier molecular flexibility index (Phi) is 13.1. The molecule has 40 heavy (non-hydrogen) atoms. The van der Waals surface area contributed by atoms with Crippen LogP contribution in [0, 0.1) is 6.92 Å². The summed E-state index contributed by atoms with van der Waals surface area (Å²) in [5.74, 6) is -0.479. The molecule has 0 aliphatic carbocycles. The van der Waals surface area contributed by atoms with Crippen LogP contribution in [0.4, 0.5) is 10.5 Å². The number of carbonyl (C=O) groups excluding carboxylic acids is 3. The Labute approximate surface area is 247 Å². The molecule has 220 valence electrons. The molecule has 0 spiro atoms. The van der Waals surface area contributed by atoms with E-state index in [4.69, 9.17) is 16.3 Å². The average Bonchev–Trinajstić information content (AvgIpc) is 2.87. The minimum Gasteiger partial charge on any atom is -0.508 e. The highest BCUT2D eigenvalue weighted by Gasteiger charge is 2.37. The van der Waals surface area contributed by atoms with Crippen LogP contribution in [-0.4, -0.2) is 58.1 Å². The van der Waals surface area contributed by atoms with Crippen molar-refractivity contribution < 1.29 is 24.2 Å². The number of halogens is 1. The molecule has 3 N–H and O–H groups in total. The van der Waals surface area contributed by atoms with E-state index in [9.17, 15) is 19.5 Å². The van der Waals surface area contributed by atoms with E-state index in [0.717, 1.165) is 18.4 Å². The van der Waals surface area contributed by atoms with Crippen LogP contribution in [0.1, 0.15) is 70.5 Å². The maximum absolute atomic E-state index is 14.2. The van der Waals surface area contributed by atoms with E-state index in [-0.39, 0.29) is 17.9 Å². The third-order valence-corrected chi connectivity index (χ3v) is 7.11. The number of amides is 3. The summed E-state index contributed by atoms with van der Waals surface area (Å²) < 4.78 is 5.43. The lowest BCUT2D eigenvalue weighted by molar-refractivity contribution is -0.141. The van der Waals surface area contributed by atoms with Gasteiger partial charge in [-0.2, -0.15) is 11.8 Å². The molecule has 0 heterocycles. The monoisotopic (exact) mass is 591 g/mol. The van der Waals surface area contributed by atoms with Gasteiger partial charge in [0.2, 0.25) is 5.91 Å². The third kappa shape index (κ3) is 9.93. The van der Waals surface area contributed by atoms with Crippen LogP contribution >= 0.6 is 23.4 Å². The van der Waals surface area contributed by atoms with Gasteiger partial charge in [-0.05, 0) is 70.2 Å². The zero-order valence-corrected chi connectivity index (χ0v) is 25.8. The second kappa shape index (κ2) is 15.8. The van der Waals surface area contributed by atoms with Crippen LogP contribution < -0.4 is 10.6 Å². The molecule has 0 saturated heterocycles. The normalized spacial score (nSPS) is 12.8. The fourth-order valence-electron chi connectivity index (χ4n) is 4.19. The smallest absolute Gasteiger partial charge is 0.408 e. The maximum atomic E-state index is 14.2. The zero-order valence-electron chi connectivity index (χ0n) is 24.3. The summed E-state index contributed by atoms with van der Waals surface area (Å²) in [4.78, 5) is 42.4. The number of phenols is 1. The van der Waals surface area contributed by atoms with Gasteiger partial charge in [-0.1, -0.05) is 61.7 Å². The molecule has 2 aromatic carbocycles. The van der Waals surface area contributed by atoms with Crippen molar-refractivity contribution in [2.24, 2.45) is 0 Å². The maximum Gasteiger partial charge on any atom is 0.408 e. The second-order valence-corrected chi connectivity index (χ2v) is 12.0. The number of rotatable bonds is 13. The summed E-state index contributed by atoms with van der Waals surface area (Å²) in [5.41, 5.74) is 0.713. The van der Waals surface area contributed by atoms with E-state index in [2.05, 4.69) is 10.6 Å². The lowest BCUT2D eigenvalue weighted by Crippen LogP contribution is -2.52. The van der Waals surface area contributed by atoms with Crippen LogP contribution in [0.5, 0.6) is 5.75 Å². The Morgan fingerprint density at radius 2 is 1.80 bits per heavy atom. The highest BCUT2D eigenvalue weighted by Crippen LogP contribution is 2.33. The number of nitrogens with zero attached hydrogens (tertiary/aromatic N) is 1. The first-order chi connectivity index (χ1) is 18.9. The van der Waals surface area contributed by atoms with Crippen LogP contribution in [-0.2, 0) is 14.3 Å². The number of carbonyl (C=O) groups is 3. The number of phenolic OH excluding ortho intramolecular Hbond substituents is 1. The fraction of sp³-hybridized carbons (Fsp3) is 0.500. The molecular formula is C30H42ClN3O5S. The van der Waals surface area contributed by atoms with Gasteiger partial charge in [-0.25, -0.2) is 4.79 Å². The number of hydrogen-bond acceptors (Lipinski definition) is 6. The van der Waals surface area contributed by atoms with Gasteiger partial charge in [0.25, 0.3) is 5.91 Å². The summed E-state index contributed by atoms with van der Waals surface area (Å²) >= 11 is 7.95. The lowest BCUT2D eigenvalue weighted by Gasteiger charge is -2.35. The first kappa shape index (κ1) is 33.3. The van der Waals surface area contributed by atoms with Crippen LogP contribution in [0.3, 0.4) is 0 Å². The molecule has 0 aliphatic heterocycles.